The molecule has 0 spiro atoms. The van der Waals surface area contributed by atoms with E-state index in [0.717, 1.165) is 12.8 Å². The molecule has 1 unspecified atom stereocenters. The third kappa shape index (κ3) is 19.9. The number of aliphatic imine (C=N–C) groups is 1. The second-order valence-electron chi connectivity index (χ2n) is 3.17. The Morgan fingerprint density at radius 1 is 1.50 bits per heavy atom. The van der Waals surface area contributed by atoms with E-state index in [1.54, 1.807) is 0 Å². The molecule has 0 radical (unpaired) electrons. The second-order valence-corrected chi connectivity index (χ2v) is 3.17. The van der Waals surface area contributed by atoms with Gasteiger partial charge in [0.05, 0.1) is 0 Å². The lowest BCUT2D eigenvalue weighted by Crippen LogP contribution is -2.40. The van der Waals surface area contributed by atoms with Crippen LogP contribution in [0.3, 0.4) is 0 Å². The van der Waals surface area contributed by atoms with Gasteiger partial charge in [-0.05, 0) is 13.3 Å². The summed E-state index contributed by atoms with van der Waals surface area (Å²) < 4.78 is 0. The van der Waals surface area contributed by atoms with Crippen LogP contribution in [0.2, 0.25) is 0 Å². The fourth-order valence-corrected chi connectivity index (χ4v) is 0.535. The Morgan fingerprint density at radius 2 is 1.94 bits per heavy atom. The molecule has 0 aliphatic rings. The summed E-state index contributed by atoms with van der Waals surface area (Å²) in [6.07, 6.45) is 0.849. The van der Waals surface area contributed by atoms with Gasteiger partial charge in [0.25, 0.3) is 0 Å². The number of carboxylic acid groups (broad SMARTS) is 1. The van der Waals surface area contributed by atoms with Crippen LogP contribution < -0.4 is 16.8 Å². The van der Waals surface area contributed by atoms with Crippen molar-refractivity contribution in [2.45, 2.75) is 32.8 Å². The number of hydrogen-bond acceptors (Lipinski definition) is 4. The maximum atomic E-state index is 9.45. The minimum atomic E-state index is -1.23. The molecule has 8 nitrogen and oxygen atoms in total. The van der Waals surface area contributed by atoms with E-state index in [-0.39, 0.29) is 24.3 Å². The highest BCUT2D eigenvalue weighted by molar-refractivity contribution is 5.95. The molecule has 0 rings (SSSR count). The zero-order chi connectivity index (χ0) is 13.8. The first-order valence-corrected chi connectivity index (χ1v) is 5.13. The Balaban J connectivity index is -0.000000277. The Kier molecular flexibility index (Phi) is 16.3. The van der Waals surface area contributed by atoms with Gasteiger partial charge in [-0.15, -0.1) is 12.4 Å². The molecule has 0 bridgehead atoms. The molecular formula is C9H22ClN5O3. The summed E-state index contributed by atoms with van der Waals surface area (Å²) in [4.78, 5) is 13.4. The van der Waals surface area contributed by atoms with E-state index in [1.807, 2.05) is 0 Å². The monoisotopic (exact) mass is 283 g/mol. The van der Waals surface area contributed by atoms with Crippen molar-refractivity contribution >= 4 is 30.3 Å². The fourth-order valence-electron chi connectivity index (χ4n) is 0.535. The first-order chi connectivity index (χ1) is 7.81. The average Bonchev–Trinajstić information content (AvgIpc) is 2.17. The molecule has 0 aliphatic heterocycles. The van der Waals surface area contributed by atoms with Gasteiger partial charge in [0, 0.05) is 6.54 Å². The average molecular weight is 284 g/mol. The normalized spacial score (nSPS) is 11.4. The topological polar surface area (TPSA) is 158 Å². The zero-order valence-corrected chi connectivity index (χ0v) is 11.3. The molecule has 108 valence electrons. The lowest BCUT2D eigenvalue weighted by Gasteiger charge is -2.00. The molecule has 0 aromatic rings. The summed E-state index contributed by atoms with van der Waals surface area (Å²) in [6.45, 7) is 3.95. The number of unbranched alkanes of at least 4 members (excludes halogenated alkanes) is 1. The number of nitrogens with zero attached hydrogens (tertiary/aromatic N) is 1. The molecule has 9 heteroatoms. The fraction of sp³-hybridized carbons (Fsp3) is 0.667. The number of aliphatic carboxylic acids is 1. The molecule has 0 amide bonds. The van der Waals surface area contributed by atoms with E-state index >= 15 is 0 Å². The molecule has 8 N–H and O–H groups in total. The third-order valence-electron chi connectivity index (χ3n) is 1.41. The molecule has 0 saturated heterocycles. The number of carbonyl (C=O) groups is 1. The van der Waals surface area contributed by atoms with Crippen LogP contribution in [-0.4, -0.2) is 40.8 Å². The number of hydrogen-bond donors (Lipinski definition) is 6. The standard InChI is InChI=1S/C6H15N5.C3H6O3.ClH/c1-2-3-4-10-6(9)11-5(7)8;1-2(4)3(5)6;/h2-4H2,1H3,(H6,7,8,9,10,11);2,4H,1H3,(H,5,6);1H. The predicted molar refractivity (Wildman–Crippen MR) is 73.0 cm³/mol. The summed E-state index contributed by atoms with van der Waals surface area (Å²) in [6, 6.07) is 0. The molecule has 18 heavy (non-hydrogen) atoms. The van der Waals surface area contributed by atoms with Crippen molar-refractivity contribution in [1.82, 2.24) is 5.32 Å². The molecule has 0 aromatic carbocycles. The Morgan fingerprint density at radius 3 is 2.22 bits per heavy atom. The van der Waals surface area contributed by atoms with E-state index in [1.165, 1.54) is 6.92 Å². The number of nitrogens with one attached hydrogen (secondary N) is 2. The van der Waals surface area contributed by atoms with Crippen LogP contribution in [0, 0.1) is 5.41 Å². The quantitative estimate of drug-likeness (QED) is 0.231. The van der Waals surface area contributed by atoms with Gasteiger partial charge in [0.15, 0.2) is 11.9 Å². The molecular weight excluding hydrogens is 262 g/mol. The van der Waals surface area contributed by atoms with E-state index in [4.69, 9.17) is 27.1 Å². The third-order valence-corrected chi connectivity index (χ3v) is 1.41. The number of halogens is 1. The van der Waals surface area contributed by atoms with Crippen LogP contribution in [0.15, 0.2) is 4.99 Å². The summed E-state index contributed by atoms with van der Waals surface area (Å²) >= 11 is 0. The molecule has 0 saturated carbocycles. The number of guanidine groups is 2. The van der Waals surface area contributed by atoms with Crippen molar-refractivity contribution in [3.63, 3.8) is 0 Å². The molecule has 0 fully saturated rings. The minimum absolute atomic E-state index is 0. The van der Waals surface area contributed by atoms with E-state index in [9.17, 15) is 4.79 Å². The number of aliphatic hydroxyl groups excluding tert-OH is 1. The molecule has 0 aromatic heterocycles. The van der Waals surface area contributed by atoms with E-state index in [2.05, 4.69) is 17.2 Å². The largest absolute Gasteiger partial charge is 0.479 e. The van der Waals surface area contributed by atoms with Crippen molar-refractivity contribution in [2.75, 3.05) is 6.54 Å². The van der Waals surface area contributed by atoms with Crippen LogP contribution in [0.5, 0.6) is 0 Å². The van der Waals surface area contributed by atoms with Crippen LogP contribution in [0.1, 0.15) is 26.7 Å². The Bertz CT molecular complexity index is 271. The number of carboxylic acids is 1. The van der Waals surface area contributed by atoms with Crippen LogP contribution in [-0.2, 0) is 4.79 Å². The van der Waals surface area contributed by atoms with Crippen molar-refractivity contribution < 1.29 is 15.0 Å². The molecule has 1 atom stereocenters. The molecule has 0 aliphatic carbocycles. The lowest BCUT2D eigenvalue weighted by atomic mass is 10.3. The van der Waals surface area contributed by atoms with Crippen LogP contribution in [0.4, 0.5) is 0 Å². The van der Waals surface area contributed by atoms with E-state index < -0.39 is 12.1 Å². The van der Waals surface area contributed by atoms with Gasteiger partial charge in [-0.2, -0.15) is 0 Å². The Labute approximate surface area is 112 Å². The zero-order valence-electron chi connectivity index (χ0n) is 10.5. The first kappa shape index (κ1) is 21.7. The molecule has 0 heterocycles. The SMILES string of the molecule is CC(O)C(=O)O.CCCCN=C(N)NC(=N)N.Cl. The van der Waals surface area contributed by atoms with Gasteiger partial charge in [-0.1, -0.05) is 13.3 Å². The number of rotatable bonds is 4. The highest BCUT2D eigenvalue weighted by atomic mass is 35.5. The first-order valence-electron chi connectivity index (χ1n) is 5.13. The number of nitrogens with two attached hydrogens (primary N) is 2. The second kappa shape index (κ2) is 13.5. The van der Waals surface area contributed by atoms with Crippen LogP contribution >= 0.6 is 12.4 Å². The minimum Gasteiger partial charge on any atom is -0.479 e. The van der Waals surface area contributed by atoms with Gasteiger partial charge in [0.1, 0.15) is 6.10 Å². The van der Waals surface area contributed by atoms with Crippen molar-refractivity contribution in [3.05, 3.63) is 0 Å². The van der Waals surface area contributed by atoms with E-state index in [0.29, 0.717) is 6.54 Å². The summed E-state index contributed by atoms with van der Waals surface area (Å²) in [5.41, 5.74) is 10.3. The van der Waals surface area contributed by atoms with Gasteiger partial charge < -0.3 is 21.7 Å². The van der Waals surface area contributed by atoms with Crippen molar-refractivity contribution in [1.29, 1.82) is 5.41 Å². The highest BCUT2D eigenvalue weighted by Gasteiger charge is 2.01. The smallest absolute Gasteiger partial charge is 0.332 e. The van der Waals surface area contributed by atoms with Crippen molar-refractivity contribution in [3.8, 4) is 0 Å². The number of aliphatic hydroxyl groups is 1. The predicted octanol–water partition coefficient (Wildman–Crippen LogP) is -0.542. The van der Waals surface area contributed by atoms with Gasteiger partial charge in [-0.3, -0.25) is 15.7 Å². The maximum absolute atomic E-state index is 9.45. The highest BCUT2D eigenvalue weighted by Crippen LogP contribution is 1.85. The van der Waals surface area contributed by atoms with Crippen LogP contribution in [0.25, 0.3) is 0 Å². The maximum Gasteiger partial charge on any atom is 0.332 e. The summed E-state index contributed by atoms with van der Waals surface area (Å²) in [7, 11) is 0. The summed E-state index contributed by atoms with van der Waals surface area (Å²) in [5, 5.41) is 25.0. The summed E-state index contributed by atoms with van der Waals surface area (Å²) in [5.74, 6) is -1.15. The lowest BCUT2D eigenvalue weighted by molar-refractivity contribution is -0.145. The van der Waals surface area contributed by atoms with Crippen molar-refractivity contribution in [2.24, 2.45) is 16.5 Å². The van der Waals surface area contributed by atoms with Gasteiger partial charge in [-0.25, -0.2) is 4.79 Å². The van der Waals surface area contributed by atoms with Gasteiger partial charge >= 0.3 is 5.97 Å². The van der Waals surface area contributed by atoms with Gasteiger partial charge in [0.2, 0.25) is 0 Å². The Hall–Kier alpha value is -1.54.